The Labute approximate surface area is 218 Å². The molecular weight excluding hydrogens is 487 g/mol. The fourth-order valence-electron chi connectivity index (χ4n) is 5.06. The molecule has 3 aromatic rings. The normalized spacial score (nSPS) is 22.0. The average molecular weight is 517 g/mol. The van der Waals surface area contributed by atoms with Gasteiger partial charge >= 0.3 is 5.97 Å². The highest BCUT2D eigenvalue weighted by atomic mass is 19.1. The number of carboxylic acid groups (broad SMARTS) is 1. The van der Waals surface area contributed by atoms with Gasteiger partial charge in [0.25, 0.3) is 5.56 Å². The van der Waals surface area contributed by atoms with Gasteiger partial charge in [0.1, 0.15) is 11.6 Å². The lowest BCUT2D eigenvalue weighted by molar-refractivity contribution is -0.137. The van der Waals surface area contributed by atoms with Crippen LogP contribution >= 0.6 is 0 Å². The van der Waals surface area contributed by atoms with Gasteiger partial charge in [0.05, 0.1) is 22.0 Å². The van der Waals surface area contributed by atoms with Crippen LogP contribution in [0.2, 0.25) is 0 Å². The summed E-state index contributed by atoms with van der Waals surface area (Å²) in [5, 5.41) is 14.5. The minimum atomic E-state index is -0.864. The van der Waals surface area contributed by atoms with Gasteiger partial charge in [-0.3, -0.25) is 19.1 Å². The first-order valence-corrected chi connectivity index (χ1v) is 12.7. The van der Waals surface area contributed by atoms with Crippen LogP contribution in [0.1, 0.15) is 57.3 Å². The van der Waals surface area contributed by atoms with E-state index in [2.05, 4.69) is 17.1 Å². The van der Waals surface area contributed by atoms with E-state index >= 15 is 0 Å². The van der Waals surface area contributed by atoms with Gasteiger partial charge in [0.15, 0.2) is 5.60 Å². The summed E-state index contributed by atoms with van der Waals surface area (Å²) in [4.78, 5) is 39.6. The second-order valence-corrected chi connectivity index (χ2v) is 10.3. The number of carboxylic acids is 1. The number of aliphatic carboxylic acids is 1. The number of halogens is 1. The van der Waals surface area contributed by atoms with Crippen LogP contribution in [0.4, 0.5) is 4.39 Å². The summed E-state index contributed by atoms with van der Waals surface area (Å²) in [6.07, 6.45) is 9.93. The molecule has 0 saturated heterocycles. The van der Waals surface area contributed by atoms with E-state index in [1.165, 1.54) is 16.7 Å². The fourth-order valence-corrected chi connectivity index (χ4v) is 5.06. The molecule has 38 heavy (non-hydrogen) atoms. The number of aromatic nitrogens is 3. The van der Waals surface area contributed by atoms with E-state index in [1.807, 2.05) is 31.2 Å². The third-order valence-electron chi connectivity index (χ3n) is 7.34. The predicted molar refractivity (Wildman–Crippen MR) is 141 cm³/mol. The van der Waals surface area contributed by atoms with Gasteiger partial charge < -0.3 is 9.94 Å². The molecule has 0 saturated carbocycles. The number of hydrogen-bond acceptors (Lipinski definition) is 6. The third kappa shape index (κ3) is 4.88. The maximum atomic E-state index is 13.7. The summed E-state index contributed by atoms with van der Waals surface area (Å²) in [5.74, 6) is -0.757. The second-order valence-electron chi connectivity index (χ2n) is 10.3. The molecule has 1 aliphatic carbocycles. The van der Waals surface area contributed by atoms with Crippen molar-refractivity contribution < 1.29 is 19.1 Å². The molecule has 196 valence electrons. The summed E-state index contributed by atoms with van der Waals surface area (Å²) in [7, 11) is 0. The number of oxime groups is 1. The van der Waals surface area contributed by atoms with Crippen LogP contribution in [-0.4, -0.2) is 31.3 Å². The number of aryl methyl sites for hydroxylation is 1. The molecule has 2 aliphatic rings. The summed E-state index contributed by atoms with van der Waals surface area (Å²) >= 11 is 0. The first-order chi connectivity index (χ1) is 18.2. The van der Waals surface area contributed by atoms with Crippen molar-refractivity contribution in [2.24, 2.45) is 10.6 Å². The Bertz CT molecular complexity index is 1580. The standard InChI is InChI=1S/C29H29FN4O4/c1-28(24-18-29(2,38-33-24)19-12-15-31-16-13-19)14-11-22-23(17-28)32-25(5-3-4-6-26(35)36)34(27(22)37)21-9-7-20(30)8-10-21/h7-13,15-17H,3-6,14,18H2,1-2H3,(H,35,36). The van der Waals surface area contributed by atoms with E-state index in [4.69, 9.17) is 14.9 Å². The van der Waals surface area contributed by atoms with Crippen molar-refractivity contribution in [1.29, 1.82) is 0 Å². The number of rotatable bonds is 8. The molecule has 0 spiro atoms. The number of hydrogen-bond donors (Lipinski definition) is 1. The van der Waals surface area contributed by atoms with Crippen LogP contribution in [0.3, 0.4) is 0 Å². The Morgan fingerprint density at radius 1 is 1.13 bits per heavy atom. The number of unbranched alkanes of at least 4 members (excludes halogenated alkanes) is 1. The zero-order chi connectivity index (χ0) is 26.9. The molecular formula is C29H29FN4O4. The van der Waals surface area contributed by atoms with E-state index < -0.39 is 22.8 Å². The second kappa shape index (κ2) is 9.96. The Kier molecular flexibility index (Phi) is 6.69. The lowest BCUT2D eigenvalue weighted by Crippen LogP contribution is -2.51. The zero-order valence-corrected chi connectivity index (χ0v) is 21.4. The minimum Gasteiger partial charge on any atom is -0.481 e. The first kappa shape index (κ1) is 25.5. The molecule has 1 aromatic carbocycles. The summed E-state index contributed by atoms with van der Waals surface area (Å²) < 4.78 is 15.1. The fraction of sp³-hybridized carbons (Fsp3) is 0.345. The van der Waals surface area contributed by atoms with Gasteiger partial charge in [-0.15, -0.1) is 0 Å². The van der Waals surface area contributed by atoms with Crippen molar-refractivity contribution >= 4 is 23.8 Å². The molecule has 9 heteroatoms. The van der Waals surface area contributed by atoms with E-state index in [1.54, 1.807) is 24.5 Å². The Hall–Kier alpha value is -4.14. The van der Waals surface area contributed by atoms with Crippen LogP contribution in [-0.2, 0) is 21.7 Å². The molecule has 0 fully saturated rings. The number of fused-ring (bicyclic) bond motifs is 1. The van der Waals surface area contributed by atoms with Crippen molar-refractivity contribution in [2.45, 2.75) is 58.0 Å². The van der Waals surface area contributed by atoms with Gasteiger partial charge in [0, 0.05) is 42.6 Å². The maximum Gasteiger partial charge on any atom is 0.303 e. The highest BCUT2D eigenvalue weighted by molar-refractivity contribution is 5.97. The van der Waals surface area contributed by atoms with Crippen LogP contribution < -0.4 is 16.1 Å². The minimum absolute atomic E-state index is 0.0414. The van der Waals surface area contributed by atoms with E-state index in [9.17, 15) is 14.0 Å². The van der Waals surface area contributed by atoms with Crippen molar-refractivity contribution in [1.82, 2.24) is 14.5 Å². The molecule has 8 nitrogen and oxygen atoms in total. The quantitative estimate of drug-likeness (QED) is 0.461. The van der Waals surface area contributed by atoms with Gasteiger partial charge in [-0.2, -0.15) is 0 Å². The number of carbonyl (C=O) groups is 1. The third-order valence-corrected chi connectivity index (χ3v) is 7.34. The monoisotopic (exact) mass is 516 g/mol. The molecule has 2 aromatic heterocycles. The summed E-state index contributed by atoms with van der Waals surface area (Å²) in [5.41, 5.74) is 1.03. The van der Waals surface area contributed by atoms with Gasteiger partial charge in [0.2, 0.25) is 0 Å². The topological polar surface area (TPSA) is 107 Å². The van der Waals surface area contributed by atoms with Gasteiger partial charge in [-0.1, -0.05) is 18.2 Å². The number of pyridine rings is 1. The van der Waals surface area contributed by atoms with Crippen molar-refractivity contribution in [2.75, 3.05) is 0 Å². The van der Waals surface area contributed by atoms with Crippen LogP contribution in [0.25, 0.3) is 17.8 Å². The molecule has 0 bridgehead atoms. The maximum absolute atomic E-state index is 13.7. The molecule has 1 aliphatic heterocycles. The van der Waals surface area contributed by atoms with Crippen LogP contribution in [0.15, 0.2) is 58.7 Å². The zero-order valence-electron chi connectivity index (χ0n) is 21.4. The van der Waals surface area contributed by atoms with Gasteiger partial charge in [-0.05, 0) is 68.7 Å². The summed E-state index contributed by atoms with van der Waals surface area (Å²) in [6, 6.07) is 9.55. The lowest BCUT2D eigenvalue weighted by atomic mass is 9.75. The Morgan fingerprint density at radius 3 is 2.58 bits per heavy atom. The summed E-state index contributed by atoms with van der Waals surface area (Å²) in [6.45, 7) is 4.06. The van der Waals surface area contributed by atoms with E-state index in [-0.39, 0.29) is 12.0 Å². The molecule has 0 radical (unpaired) electrons. The van der Waals surface area contributed by atoms with E-state index in [0.717, 1.165) is 11.3 Å². The average Bonchev–Trinajstić information content (AvgIpc) is 3.32. The molecule has 2 atom stereocenters. The largest absolute Gasteiger partial charge is 0.481 e. The lowest BCUT2D eigenvalue weighted by Gasteiger charge is -2.28. The SMILES string of the molecule is CC1(C2=NOC(C)(c3ccncc3)C2)C=c2nc(CCCCC(=O)O)n(-c3ccc(F)cc3)c(=O)c2=CC1. The Balaban J connectivity index is 1.53. The smallest absolute Gasteiger partial charge is 0.303 e. The van der Waals surface area contributed by atoms with Crippen molar-refractivity contribution in [3.05, 3.63) is 86.9 Å². The van der Waals surface area contributed by atoms with Gasteiger partial charge in [-0.25, -0.2) is 9.37 Å². The van der Waals surface area contributed by atoms with Crippen LogP contribution in [0.5, 0.6) is 0 Å². The number of nitrogens with zero attached hydrogens (tertiary/aromatic N) is 4. The first-order valence-electron chi connectivity index (χ1n) is 12.7. The van der Waals surface area contributed by atoms with Crippen molar-refractivity contribution in [3.8, 4) is 5.69 Å². The molecule has 1 N–H and O–H groups in total. The molecule has 5 rings (SSSR count). The molecule has 2 unspecified atom stereocenters. The van der Waals surface area contributed by atoms with Crippen LogP contribution in [0, 0.1) is 11.2 Å². The van der Waals surface area contributed by atoms with E-state index in [0.29, 0.717) is 54.2 Å². The van der Waals surface area contributed by atoms with Crippen molar-refractivity contribution in [3.63, 3.8) is 0 Å². The predicted octanol–water partition coefficient (Wildman–Crippen LogP) is 3.23. The Morgan fingerprint density at radius 2 is 1.87 bits per heavy atom. The highest BCUT2D eigenvalue weighted by Crippen LogP contribution is 2.41. The highest BCUT2D eigenvalue weighted by Gasteiger charge is 2.43. The molecule has 3 heterocycles. The number of benzene rings is 1. The molecule has 0 amide bonds.